The quantitative estimate of drug-likeness (QED) is 0.761. The Balaban J connectivity index is 1.42. The Bertz CT molecular complexity index is 861. The second-order valence-corrected chi connectivity index (χ2v) is 6.70. The summed E-state index contributed by atoms with van der Waals surface area (Å²) in [5.74, 6) is 1.41. The second kappa shape index (κ2) is 6.28. The number of rotatable bonds is 4. The molecule has 1 atom stereocenters. The van der Waals surface area contributed by atoms with Crippen molar-refractivity contribution in [3.8, 4) is 0 Å². The van der Waals surface area contributed by atoms with E-state index in [1.807, 2.05) is 6.07 Å². The van der Waals surface area contributed by atoms with Crippen LogP contribution in [-0.2, 0) is 0 Å². The van der Waals surface area contributed by atoms with E-state index in [1.54, 1.807) is 12.5 Å². The predicted molar refractivity (Wildman–Crippen MR) is 96.7 cm³/mol. The van der Waals surface area contributed by atoms with E-state index >= 15 is 0 Å². The summed E-state index contributed by atoms with van der Waals surface area (Å²) in [6.45, 7) is 5.09. The third kappa shape index (κ3) is 2.89. The molecule has 1 aliphatic rings. The molecule has 24 heavy (non-hydrogen) atoms. The number of hydrogen-bond acceptors (Lipinski definition) is 5. The number of aryl methyl sites for hydroxylation is 1. The van der Waals surface area contributed by atoms with Gasteiger partial charge in [-0.2, -0.15) is 5.10 Å². The maximum Gasteiger partial charge on any atom is 0.160 e. The maximum absolute atomic E-state index is 6.16. The molecule has 7 heteroatoms. The van der Waals surface area contributed by atoms with Crippen molar-refractivity contribution in [2.45, 2.75) is 13.3 Å². The van der Waals surface area contributed by atoms with E-state index in [0.717, 1.165) is 47.9 Å². The number of aromatic nitrogens is 4. The fraction of sp³-hybridized carbons (Fsp3) is 0.353. The fourth-order valence-electron chi connectivity index (χ4n) is 3.29. The number of benzene rings is 1. The lowest BCUT2D eigenvalue weighted by molar-refractivity contribution is 0.621. The van der Waals surface area contributed by atoms with Crippen molar-refractivity contribution >= 4 is 34.1 Å². The van der Waals surface area contributed by atoms with Crippen molar-refractivity contribution in [3.63, 3.8) is 0 Å². The van der Waals surface area contributed by atoms with Crippen LogP contribution in [0, 0.1) is 12.8 Å². The Morgan fingerprint density at radius 2 is 2.29 bits per heavy atom. The molecule has 6 nitrogen and oxygen atoms in total. The number of hydrogen-bond donors (Lipinski definition) is 2. The molecule has 124 valence electrons. The van der Waals surface area contributed by atoms with Crippen LogP contribution in [0.25, 0.3) is 11.0 Å². The Hall–Kier alpha value is -2.34. The van der Waals surface area contributed by atoms with Gasteiger partial charge in [0, 0.05) is 30.3 Å². The summed E-state index contributed by atoms with van der Waals surface area (Å²) in [5.41, 5.74) is 3.27. The van der Waals surface area contributed by atoms with Gasteiger partial charge in [-0.15, -0.1) is 0 Å². The van der Waals surface area contributed by atoms with Crippen LogP contribution >= 0.6 is 11.6 Å². The Morgan fingerprint density at radius 1 is 1.38 bits per heavy atom. The lowest BCUT2D eigenvalue weighted by atomic mass is 10.1. The molecule has 1 saturated heterocycles. The molecule has 0 radical (unpaired) electrons. The number of H-pyrrole nitrogens is 1. The van der Waals surface area contributed by atoms with Crippen molar-refractivity contribution in [1.29, 1.82) is 0 Å². The van der Waals surface area contributed by atoms with Crippen LogP contribution in [0.5, 0.6) is 0 Å². The molecule has 0 amide bonds. The Kier molecular flexibility index (Phi) is 3.98. The number of fused-ring (bicyclic) bond motifs is 1. The average Bonchev–Trinajstić information content (AvgIpc) is 3.24. The van der Waals surface area contributed by atoms with E-state index in [4.69, 9.17) is 11.6 Å². The molecule has 3 heterocycles. The van der Waals surface area contributed by atoms with Gasteiger partial charge in [0.15, 0.2) is 5.65 Å². The number of anilines is 2. The Labute approximate surface area is 145 Å². The van der Waals surface area contributed by atoms with E-state index < -0.39 is 0 Å². The largest absolute Gasteiger partial charge is 0.371 e. The van der Waals surface area contributed by atoms with Crippen LogP contribution in [0.1, 0.15) is 12.0 Å². The highest BCUT2D eigenvalue weighted by Gasteiger charge is 2.24. The van der Waals surface area contributed by atoms with Crippen molar-refractivity contribution in [2.75, 3.05) is 29.9 Å². The zero-order valence-corrected chi connectivity index (χ0v) is 14.2. The highest BCUT2D eigenvalue weighted by atomic mass is 35.5. The van der Waals surface area contributed by atoms with Gasteiger partial charge in [-0.3, -0.25) is 5.10 Å². The van der Waals surface area contributed by atoms with Gasteiger partial charge < -0.3 is 10.2 Å². The monoisotopic (exact) mass is 342 g/mol. The first kappa shape index (κ1) is 15.2. The molecule has 0 bridgehead atoms. The van der Waals surface area contributed by atoms with E-state index in [0.29, 0.717) is 5.92 Å². The minimum Gasteiger partial charge on any atom is -0.371 e. The van der Waals surface area contributed by atoms with Crippen LogP contribution in [0.15, 0.2) is 30.7 Å². The third-order valence-corrected chi connectivity index (χ3v) is 4.84. The van der Waals surface area contributed by atoms with Crippen LogP contribution in [0.4, 0.5) is 11.5 Å². The molecular weight excluding hydrogens is 324 g/mol. The van der Waals surface area contributed by atoms with Gasteiger partial charge in [-0.1, -0.05) is 17.7 Å². The summed E-state index contributed by atoms with van der Waals surface area (Å²) in [6.07, 6.45) is 4.46. The van der Waals surface area contributed by atoms with Crippen molar-refractivity contribution in [3.05, 3.63) is 41.3 Å². The maximum atomic E-state index is 6.16. The molecule has 4 rings (SSSR count). The van der Waals surface area contributed by atoms with Crippen LogP contribution in [0.2, 0.25) is 5.02 Å². The molecule has 0 saturated carbocycles. The first-order chi connectivity index (χ1) is 11.7. The summed E-state index contributed by atoms with van der Waals surface area (Å²) in [7, 11) is 0. The number of nitrogens with one attached hydrogen (secondary N) is 2. The predicted octanol–water partition coefficient (Wildman–Crippen LogP) is 3.25. The average molecular weight is 343 g/mol. The number of halogens is 1. The van der Waals surface area contributed by atoms with Crippen molar-refractivity contribution in [1.82, 2.24) is 20.2 Å². The van der Waals surface area contributed by atoms with E-state index in [-0.39, 0.29) is 0 Å². The molecule has 0 spiro atoms. The summed E-state index contributed by atoms with van der Waals surface area (Å²) in [4.78, 5) is 10.9. The SMILES string of the molecule is Cc1ccc(Cl)cc1N1CCC(CNc2ncnc3[nH]ncc23)C1. The molecule has 1 aromatic carbocycles. The molecule has 2 N–H and O–H groups in total. The van der Waals surface area contributed by atoms with Gasteiger partial charge in [0.25, 0.3) is 0 Å². The van der Waals surface area contributed by atoms with Gasteiger partial charge in [0.2, 0.25) is 0 Å². The molecule has 3 aromatic rings. The minimum atomic E-state index is 0.570. The number of aromatic amines is 1. The van der Waals surface area contributed by atoms with E-state index in [9.17, 15) is 0 Å². The lowest BCUT2D eigenvalue weighted by Gasteiger charge is -2.21. The molecule has 1 unspecified atom stereocenters. The van der Waals surface area contributed by atoms with Crippen molar-refractivity contribution < 1.29 is 0 Å². The Morgan fingerprint density at radius 3 is 3.21 bits per heavy atom. The first-order valence-corrected chi connectivity index (χ1v) is 8.47. The molecular formula is C17H19ClN6. The van der Waals surface area contributed by atoms with Gasteiger partial charge in [0.05, 0.1) is 11.6 Å². The molecule has 2 aromatic heterocycles. The van der Waals surface area contributed by atoms with E-state index in [1.165, 1.54) is 11.3 Å². The van der Waals surface area contributed by atoms with Gasteiger partial charge >= 0.3 is 0 Å². The first-order valence-electron chi connectivity index (χ1n) is 8.10. The molecule has 1 aliphatic heterocycles. The normalized spacial score (nSPS) is 17.6. The fourth-order valence-corrected chi connectivity index (χ4v) is 3.45. The standard InChI is InChI=1S/C17H19ClN6/c1-11-2-3-13(18)6-15(11)24-5-4-12(9-24)7-19-16-14-8-22-23-17(14)21-10-20-16/h2-3,6,8,10,12H,4-5,7,9H2,1H3,(H2,19,20,21,22,23). The topological polar surface area (TPSA) is 69.7 Å². The highest BCUT2D eigenvalue weighted by molar-refractivity contribution is 6.30. The lowest BCUT2D eigenvalue weighted by Crippen LogP contribution is -2.23. The van der Waals surface area contributed by atoms with Gasteiger partial charge in [0.1, 0.15) is 12.1 Å². The summed E-state index contributed by atoms with van der Waals surface area (Å²) >= 11 is 6.16. The van der Waals surface area contributed by atoms with Crippen LogP contribution in [-0.4, -0.2) is 39.8 Å². The van der Waals surface area contributed by atoms with Gasteiger partial charge in [-0.25, -0.2) is 9.97 Å². The zero-order chi connectivity index (χ0) is 16.5. The van der Waals surface area contributed by atoms with Crippen LogP contribution < -0.4 is 10.2 Å². The smallest absolute Gasteiger partial charge is 0.160 e. The van der Waals surface area contributed by atoms with E-state index in [2.05, 4.69) is 49.4 Å². The summed E-state index contributed by atoms with van der Waals surface area (Å²) in [5, 5.41) is 12.1. The number of nitrogens with zero attached hydrogens (tertiary/aromatic N) is 4. The summed E-state index contributed by atoms with van der Waals surface area (Å²) < 4.78 is 0. The second-order valence-electron chi connectivity index (χ2n) is 6.27. The van der Waals surface area contributed by atoms with Crippen molar-refractivity contribution in [2.24, 2.45) is 5.92 Å². The molecule has 0 aliphatic carbocycles. The van der Waals surface area contributed by atoms with Crippen LogP contribution in [0.3, 0.4) is 0 Å². The summed E-state index contributed by atoms with van der Waals surface area (Å²) in [6, 6.07) is 6.09. The highest BCUT2D eigenvalue weighted by Crippen LogP contribution is 2.29. The van der Waals surface area contributed by atoms with Gasteiger partial charge in [-0.05, 0) is 37.0 Å². The zero-order valence-electron chi connectivity index (χ0n) is 13.5. The minimum absolute atomic E-state index is 0.570. The molecule has 1 fully saturated rings. The third-order valence-electron chi connectivity index (χ3n) is 4.60.